The molecule has 0 aromatic rings. The van der Waals surface area contributed by atoms with Crippen molar-refractivity contribution in [3.05, 3.63) is 23.8 Å². The standard InChI is InChI=1S/C15H26O3/c1-5-14(18-15(16)17)11-7-10-13(4)9-6-8-12(2)3/h7-8,11,13-14H,5-6,9-10H2,1-4H3,(H,16,17)/t13-,14-/m1/s1. The van der Waals surface area contributed by atoms with E-state index >= 15 is 0 Å². The van der Waals surface area contributed by atoms with E-state index in [-0.39, 0.29) is 6.10 Å². The molecule has 3 nitrogen and oxygen atoms in total. The third-order valence-corrected chi connectivity index (χ3v) is 2.76. The van der Waals surface area contributed by atoms with Gasteiger partial charge in [-0.3, -0.25) is 0 Å². The van der Waals surface area contributed by atoms with Crippen molar-refractivity contribution in [1.82, 2.24) is 0 Å². The molecule has 0 saturated carbocycles. The normalized spacial score (nSPS) is 14.2. The average Bonchev–Trinajstić information content (AvgIpc) is 2.26. The van der Waals surface area contributed by atoms with E-state index in [0.29, 0.717) is 12.3 Å². The molecule has 0 fully saturated rings. The van der Waals surface area contributed by atoms with Gasteiger partial charge in [0.25, 0.3) is 0 Å². The van der Waals surface area contributed by atoms with Gasteiger partial charge in [-0.2, -0.15) is 0 Å². The van der Waals surface area contributed by atoms with E-state index in [1.54, 1.807) is 0 Å². The second kappa shape index (κ2) is 9.75. The zero-order valence-corrected chi connectivity index (χ0v) is 12.0. The number of carboxylic acid groups (broad SMARTS) is 1. The molecule has 2 atom stereocenters. The Morgan fingerprint density at radius 1 is 1.39 bits per heavy atom. The summed E-state index contributed by atoms with van der Waals surface area (Å²) in [6.07, 6.45) is 8.53. The molecule has 0 aromatic carbocycles. The van der Waals surface area contributed by atoms with Crippen LogP contribution in [0.15, 0.2) is 23.8 Å². The van der Waals surface area contributed by atoms with E-state index in [9.17, 15) is 4.79 Å². The van der Waals surface area contributed by atoms with Gasteiger partial charge in [-0.1, -0.05) is 31.6 Å². The van der Waals surface area contributed by atoms with Crippen LogP contribution in [-0.4, -0.2) is 17.4 Å². The molecule has 0 heterocycles. The summed E-state index contributed by atoms with van der Waals surface area (Å²) in [6, 6.07) is 0. The second-order valence-corrected chi connectivity index (χ2v) is 4.96. The SMILES string of the molecule is CC[C@H](C=CC[C@H](C)CCC=C(C)C)OC(=O)O. The van der Waals surface area contributed by atoms with Crippen molar-refractivity contribution in [3.63, 3.8) is 0 Å². The topological polar surface area (TPSA) is 46.5 Å². The van der Waals surface area contributed by atoms with Gasteiger partial charge in [0.1, 0.15) is 6.10 Å². The Bertz CT molecular complexity index is 288. The van der Waals surface area contributed by atoms with Gasteiger partial charge < -0.3 is 9.84 Å². The molecule has 0 spiro atoms. The number of rotatable bonds is 8. The smallest absolute Gasteiger partial charge is 0.450 e. The molecule has 0 unspecified atom stereocenters. The molecule has 104 valence electrons. The molecule has 0 saturated heterocycles. The van der Waals surface area contributed by atoms with Crippen molar-refractivity contribution >= 4 is 6.16 Å². The van der Waals surface area contributed by atoms with Crippen molar-refractivity contribution in [2.75, 3.05) is 0 Å². The van der Waals surface area contributed by atoms with Gasteiger partial charge in [-0.05, 0) is 51.5 Å². The van der Waals surface area contributed by atoms with Gasteiger partial charge in [-0.15, -0.1) is 0 Å². The number of hydrogen-bond acceptors (Lipinski definition) is 2. The Morgan fingerprint density at radius 3 is 2.56 bits per heavy atom. The molecule has 0 bridgehead atoms. The summed E-state index contributed by atoms with van der Waals surface area (Å²) < 4.78 is 4.71. The van der Waals surface area contributed by atoms with Gasteiger partial charge in [0, 0.05) is 0 Å². The van der Waals surface area contributed by atoms with E-state index in [0.717, 1.165) is 19.3 Å². The van der Waals surface area contributed by atoms with Crippen molar-refractivity contribution in [3.8, 4) is 0 Å². The summed E-state index contributed by atoms with van der Waals surface area (Å²) in [5.41, 5.74) is 1.36. The summed E-state index contributed by atoms with van der Waals surface area (Å²) in [4.78, 5) is 10.4. The lowest BCUT2D eigenvalue weighted by molar-refractivity contribution is 0.0678. The molecule has 0 amide bonds. The minimum absolute atomic E-state index is 0.313. The molecule has 1 N–H and O–H groups in total. The summed E-state index contributed by atoms with van der Waals surface area (Å²) >= 11 is 0. The minimum Gasteiger partial charge on any atom is -0.450 e. The third-order valence-electron chi connectivity index (χ3n) is 2.76. The molecule has 18 heavy (non-hydrogen) atoms. The summed E-state index contributed by atoms with van der Waals surface area (Å²) in [7, 11) is 0. The maximum Gasteiger partial charge on any atom is 0.506 e. The Labute approximate surface area is 111 Å². The van der Waals surface area contributed by atoms with Crippen LogP contribution in [0.3, 0.4) is 0 Å². The van der Waals surface area contributed by atoms with Crippen LogP contribution in [0.5, 0.6) is 0 Å². The lowest BCUT2D eigenvalue weighted by Gasteiger charge is -2.10. The summed E-state index contributed by atoms with van der Waals surface area (Å²) in [6.45, 7) is 8.34. The first-order chi connectivity index (χ1) is 8.45. The molecule has 0 aliphatic carbocycles. The van der Waals surface area contributed by atoms with Gasteiger partial charge in [0.15, 0.2) is 0 Å². The van der Waals surface area contributed by atoms with Crippen LogP contribution >= 0.6 is 0 Å². The zero-order valence-electron chi connectivity index (χ0n) is 12.0. The summed E-state index contributed by atoms with van der Waals surface area (Å²) in [5.74, 6) is 0.610. The maximum atomic E-state index is 10.4. The van der Waals surface area contributed by atoms with Crippen LogP contribution in [0.2, 0.25) is 0 Å². The molecule has 0 aliphatic heterocycles. The van der Waals surface area contributed by atoms with Crippen LogP contribution in [0.4, 0.5) is 4.79 Å². The Kier molecular flexibility index (Phi) is 9.07. The highest BCUT2D eigenvalue weighted by Gasteiger charge is 2.07. The first-order valence-corrected chi connectivity index (χ1v) is 6.65. The number of ether oxygens (including phenoxy) is 1. The monoisotopic (exact) mass is 254 g/mol. The Morgan fingerprint density at radius 2 is 2.06 bits per heavy atom. The van der Waals surface area contributed by atoms with Crippen molar-refractivity contribution in [2.24, 2.45) is 5.92 Å². The second-order valence-electron chi connectivity index (χ2n) is 4.96. The van der Waals surface area contributed by atoms with Crippen LogP contribution < -0.4 is 0 Å². The van der Waals surface area contributed by atoms with E-state index in [4.69, 9.17) is 9.84 Å². The molecular weight excluding hydrogens is 228 g/mol. The fourth-order valence-corrected chi connectivity index (χ4v) is 1.63. The van der Waals surface area contributed by atoms with Crippen molar-refractivity contribution in [1.29, 1.82) is 0 Å². The van der Waals surface area contributed by atoms with E-state index < -0.39 is 6.16 Å². The fraction of sp³-hybridized carbons (Fsp3) is 0.667. The van der Waals surface area contributed by atoms with Crippen LogP contribution in [0, 0.1) is 5.92 Å². The van der Waals surface area contributed by atoms with Gasteiger partial charge in [0.05, 0.1) is 0 Å². The van der Waals surface area contributed by atoms with Gasteiger partial charge >= 0.3 is 6.16 Å². The number of allylic oxidation sites excluding steroid dienone is 3. The number of carbonyl (C=O) groups is 1. The highest BCUT2D eigenvalue weighted by Crippen LogP contribution is 2.13. The minimum atomic E-state index is -1.21. The molecule has 0 aliphatic rings. The van der Waals surface area contributed by atoms with Crippen molar-refractivity contribution in [2.45, 2.75) is 59.5 Å². The molecule has 0 rings (SSSR count). The van der Waals surface area contributed by atoms with E-state index in [1.807, 2.05) is 19.1 Å². The molecule has 0 aromatic heterocycles. The highest BCUT2D eigenvalue weighted by molar-refractivity contribution is 5.57. The largest absolute Gasteiger partial charge is 0.506 e. The van der Waals surface area contributed by atoms with Gasteiger partial charge in [0.2, 0.25) is 0 Å². The molecule has 0 radical (unpaired) electrons. The maximum absolute atomic E-state index is 10.4. The highest BCUT2D eigenvalue weighted by atomic mass is 16.7. The Hall–Kier alpha value is -1.25. The quantitative estimate of drug-likeness (QED) is 0.500. The Balaban J connectivity index is 3.91. The number of hydrogen-bond donors (Lipinski definition) is 1. The molecular formula is C15H26O3. The van der Waals surface area contributed by atoms with Crippen molar-refractivity contribution < 1.29 is 14.6 Å². The van der Waals surface area contributed by atoms with Crippen LogP contribution in [0.1, 0.15) is 53.4 Å². The molecule has 3 heteroatoms. The lowest BCUT2D eigenvalue weighted by Crippen LogP contribution is -2.12. The van der Waals surface area contributed by atoms with Crippen LogP contribution in [0.25, 0.3) is 0 Å². The fourth-order valence-electron chi connectivity index (χ4n) is 1.63. The van der Waals surface area contributed by atoms with Gasteiger partial charge in [-0.25, -0.2) is 4.79 Å². The van der Waals surface area contributed by atoms with E-state index in [1.165, 1.54) is 5.57 Å². The van der Waals surface area contributed by atoms with E-state index in [2.05, 4.69) is 26.8 Å². The predicted molar refractivity (Wildman–Crippen MR) is 74.8 cm³/mol. The first-order valence-electron chi connectivity index (χ1n) is 6.65. The lowest BCUT2D eigenvalue weighted by atomic mass is 10.0. The summed E-state index contributed by atoms with van der Waals surface area (Å²) in [5, 5.41) is 8.53. The predicted octanol–water partition coefficient (Wildman–Crippen LogP) is 4.79. The third kappa shape index (κ3) is 9.94. The average molecular weight is 254 g/mol. The first kappa shape index (κ1) is 16.8. The zero-order chi connectivity index (χ0) is 14.0. The van der Waals surface area contributed by atoms with Crippen LogP contribution in [-0.2, 0) is 4.74 Å².